The monoisotopic (exact) mass is 379 g/mol. The third-order valence-electron chi connectivity index (χ3n) is 5.07. The van der Waals surface area contributed by atoms with Crippen LogP contribution in [0, 0.1) is 0 Å². The maximum atomic E-state index is 12.6. The van der Waals surface area contributed by atoms with Crippen LogP contribution in [0.4, 0.5) is 0 Å². The number of hydrogen-bond donors (Lipinski definition) is 0. The molecule has 1 saturated heterocycles. The van der Waals surface area contributed by atoms with Gasteiger partial charge in [-0.1, -0.05) is 30.3 Å². The number of para-hydroxylation sites is 2. The summed E-state index contributed by atoms with van der Waals surface area (Å²) < 4.78 is 13.4. The average molecular weight is 379 g/mol. The molecule has 0 N–H and O–H groups in total. The number of benzene rings is 2. The van der Waals surface area contributed by atoms with E-state index >= 15 is 0 Å². The number of ether oxygens (including phenoxy) is 2. The zero-order valence-corrected chi connectivity index (χ0v) is 16.1. The lowest BCUT2D eigenvalue weighted by Crippen LogP contribution is -2.41. The van der Waals surface area contributed by atoms with E-state index in [1.807, 2.05) is 55.5 Å². The van der Waals surface area contributed by atoms with E-state index in [0.717, 1.165) is 42.8 Å². The van der Waals surface area contributed by atoms with E-state index < -0.39 is 0 Å². The minimum Gasteiger partial charge on any atom is -0.490 e. The van der Waals surface area contributed by atoms with Crippen molar-refractivity contribution in [1.82, 2.24) is 14.7 Å². The Morgan fingerprint density at radius 1 is 1.04 bits per heavy atom. The number of hydrogen-bond acceptors (Lipinski definition) is 5. The molecule has 2 aromatic carbocycles. The molecule has 1 aliphatic heterocycles. The Kier molecular flexibility index (Phi) is 5.58. The van der Waals surface area contributed by atoms with E-state index in [1.165, 1.54) is 0 Å². The number of piperidine rings is 1. The van der Waals surface area contributed by atoms with Crippen molar-refractivity contribution in [2.75, 3.05) is 19.7 Å². The highest BCUT2D eigenvalue weighted by Gasteiger charge is 2.22. The molecule has 0 radical (unpaired) electrons. The summed E-state index contributed by atoms with van der Waals surface area (Å²) in [6.07, 6.45) is 3.72. The summed E-state index contributed by atoms with van der Waals surface area (Å²) in [4.78, 5) is 14.9. The van der Waals surface area contributed by atoms with Crippen LogP contribution in [-0.4, -0.2) is 40.5 Å². The predicted molar refractivity (Wildman–Crippen MR) is 109 cm³/mol. The van der Waals surface area contributed by atoms with Crippen LogP contribution in [0.2, 0.25) is 0 Å². The van der Waals surface area contributed by atoms with Crippen LogP contribution in [0.3, 0.4) is 0 Å². The van der Waals surface area contributed by atoms with E-state index in [2.05, 4.69) is 10.00 Å². The Bertz CT molecular complexity index is 993. The molecule has 28 heavy (non-hydrogen) atoms. The first kappa shape index (κ1) is 18.5. The molecule has 2 heterocycles. The molecule has 1 aromatic heterocycles. The highest BCUT2D eigenvalue weighted by molar-refractivity contribution is 5.80. The summed E-state index contributed by atoms with van der Waals surface area (Å²) in [6.45, 7) is 4.82. The summed E-state index contributed by atoms with van der Waals surface area (Å²) in [7, 11) is 0. The van der Waals surface area contributed by atoms with Crippen molar-refractivity contribution in [2.45, 2.75) is 32.5 Å². The van der Waals surface area contributed by atoms with E-state index in [4.69, 9.17) is 9.47 Å². The fourth-order valence-electron chi connectivity index (χ4n) is 3.59. The van der Waals surface area contributed by atoms with Gasteiger partial charge in [0.25, 0.3) is 5.56 Å². The molecule has 0 saturated carbocycles. The van der Waals surface area contributed by atoms with Gasteiger partial charge in [0.15, 0.2) is 11.5 Å². The zero-order chi connectivity index (χ0) is 19.3. The number of likely N-dealkylation sites (tertiary alicyclic amines) is 1. The molecule has 0 bridgehead atoms. The van der Waals surface area contributed by atoms with Gasteiger partial charge in [0.2, 0.25) is 0 Å². The lowest BCUT2D eigenvalue weighted by Gasteiger charge is -2.32. The van der Waals surface area contributed by atoms with Gasteiger partial charge in [-0.2, -0.15) is 5.10 Å². The van der Waals surface area contributed by atoms with Gasteiger partial charge in [-0.3, -0.25) is 9.69 Å². The molecule has 0 amide bonds. The summed E-state index contributed by atoms with van der Waals surface area (Å²) >= 11 is 0. The van der Waals surface area contributed by atoms with Gasteiger partial charge >= 0.3 is 0 Å². The van der Waals surface area contributed by atoms with Crippen LogP contribution in [0.15, 0.2) is 59.5 Å². The topological polar surface area (TPSA) is 56.6 Å². The number of nitrogens with zero attached hydrogens (tertiary/aromatic N) is 3. The van der Waals surface area contributed by atoms with Crippen molar-refractivity contribution in [1.29, 1.82) is 0 Å². The maximum absolute atomic E-state index is 12.6. The molecule has 1 aliphatic rings. The summed E-state index contributed by atoms with van der Waals surface area (Å²) in [5, 5.41) is 5.92. The SMILES string of the molecule is CCOc1ccccc1OC1CCN(Cn2ncc3ccccc3c2=O)CC1. The van der Waals surface area contributed by atoms with E-state index in [-0.39, 0.29) is 11.7 Å². The molecule has 6 heteroatoms. The normalized spacial score (nSPS) is 15.6. The van der Waals surface area contributed by atoms with Crippen LogP contribution in [0.25, 0.3) is 10.8 Å². The van der Waals surface area contributed by atoms with Gasteiger partial charge in [-0.15, -0.1) is 0 Å². The van der Waals surface area contributed by atoms with Gasteiger partial charge in [-0.25, -0.2) is 4.68 Å². The minimum atomic E-state index is -0.0397. The van der Waals surface area contributed by atoms with Crippen LogP contribution >= 0.6 is 0 Å². The fraction of sp³-hybridized carbons (Fsp3) is 0.364. The van der Waals surface area contributed by atoms with Crippen LogP contribution in [0.1, 0.15) is 19.8 Å². The molecule has 0 aliphatic carbocycles. The fourth-order valence-corrected chi connectivity index (χ4v) is 3.59. The van der Waals surface area contributed by atoms with E-state index in [9.17, 15) is 4.79 Å². The first-order valence-electron chi connectivity index (χ1n) is 9.80. The highest BCUT2D eigenvalue weighted by Crippen LogP contribution is 2.29. The quantitative estimate of drug-likeness (QED) is 0.658. The second-order valence-electron chi connectivity index (χ2n) is 6.99. The van der Waals surface area contributed by atoms with Gasteiger partial charge < -0.3 is 9.47 Å². The second kappa shape index (κ2) is 8.44. The minimum absolute atomic E-state index is 0.0397. The Labute approximate surface area is 164 Å². The molecular formula is C22H25N3O3. The van der Waals surface area contributed by atoms with Crippen molar-refractivity contribution in [2.24, 2.45) is 0 Å². The van der Waals surface area contributed by atoms with Crippen molar-refractivity contribution < 1.29 is 9.47 Å². The van der Waals surface area contributed by atoms with Gasteiger partial charge in [0.1, 0.15) is 6.10 Å². The van der Waals surface area contributed by atoms with Gasteiger partial charge in [0.05, 0.1) is 24.9 Å². The van der Waals surface area contributed by atoms with Gasteiger partial charge in [-0.05, 0) is 38.0 Å². The third kappa shape index (κ3) is 4.02. The number of aromatic nitrogens is 2. The van der Waals surface area contributed by atoms with Gasteiger partial charge in [0, 0.05) is 18.5 Å². The smallest absolute Gasteiger partial charge is 0.275 e. The first-order chi connectivity index (χ1) is 13.7. The van der Waals surface area contributed by atoms with Crippen LogP contribution < -0.4 is 15.0 Å². The molecular weight excluding hydrogens is 354 g/mol. The Morgan fingerprint density at radius 2 is 1.75 bits per heavy atom. The first-order valence-corrected chi connectivity index (χ1v) is 9.80. The Hall–Kier alpha value is -2.86. The Morgan fingerprint density at radius 3 is 2.54 bits per heavy atom. The predicted octanol–water partition coefficient (Wildman–Crippen LogP) is 3.30. The molecule has 0 spiro atoms. The van der Waals surface area contributed by atoms with Crippen molar-refractivity contribution in [3.63, 3.8) is 0 Å². The van der Waals surface area contributed by atoms with Crippen LogP contribution in [0.5, 0.6) is 11.5 Å². The second-order valence-corrected chi connectivity index (χ2v) is 6.99. The largest absolute Gasteiger partial charge is 0.490 e. The summed E-state index contributed by atoms with van der Waals surface area (Å²) in [5.74, 6) is 1.59. The maximum Gasteiger partial charge on any atom is 0.275 e. The zero-order valence-electron chi connectivity index (χ0n) is 16.1. The third-order valence-corrected chi connectivity index (χ3v) is 5.07. The molecule has 3 aromatic rings. The number of fused-ring (bicyclic) bond motifs is 1. The molecule has 6 nitrogen and oxygen atoms in total. The molecule has 146 valence electrons. The van der Waals surface area contributed by atoms with Crippen LogP contribution in [-0.2, 0) is 6.67 Å². The van der Waals surface area contributed by atoms with E-state index in [1.54, 1.807) is 10.9 Å². The van der Waals surface area contributed by atoms with Crippen molar-refractivity contribution in [3.8, 4) is 11.5 Å². The van der Waals surface area contributed by atoms with Crippen molar-refractivity contribution >= 4 is 10.8 Å². The molecule has 0 unspecified atom stereocenters. The summed E-state index contributed by atoms with van der Waals surface area (Å²) in [5.41, 5.74) is -0.0397. The summed E-state index contributed by atoms with van der Waals surface area (Å²) in [6, 6.07) is 15.4. The highest BCUT2D eigenvalue weighted by atomic mass is 16.5. The van der Waals surface area contributed by atoms with Crippen molar-refractivity contribution in [3.05, 3.63) is 65.1 Å². The Balaban J connectivity index is 1.37. The molecule has 1 fully saturated rings. The standard InChI is InChI=1S/C22H25N3O3/c1-2-27-20-9-5-6-10-21(20)28-18-11-13-24(14-12-18)16-25-22(26)19-8-4-3-7-17(19)15-23-25/h3-10,15,18H,2,11-14,16H2,1H3. The number of rotatable bonds is 6. The lowest BCUT2D eigenvalue weighted by molar-refractivity contribution is 0.0772. The van der Waals surface area contributed by atoms with E-state index in [0.29, 0.717) is 18.7 Å². The molecule has 0 atom stereocenters. The average Bonchev–Trinajstić information content (AvgIpc) is 2.73. The molecule has 4 rings (SSSR count). The lowest BCUT2D eigenvalue weighted by atomic mass is 10.1.